The molecule has 1 aliphatic rings. The lowest BCUT2D eigenvalue weighted by molar-refractivity contribution is 0.440. The van der Waals surface area contributed by atoms with Gasteiger partial charge in [0.05, 0.1) is 11.7 Å². The van der Waals surface area contributed by atoms with Crippen molar-refractivity contribution in [3.63, 3.8) is 0 Å². The molecule has 5 aromatic rings. The lowest BCUT2D eigenvalue weighted by atomic mass is 9.84. The molecular weight excluding hydrogens is 448 g/mol. The Morgan fingerprint density at radius 2 is 1.60 bits per heavy atom. The van der Waals surface area contributed by atoms with Gasteiger partial charge in [0, 0.05) is 15.1 Å². The van der Waals surface area contributed by atoms with E-state index in [1.807, 2.05) is 59.2 Å². The largest absolute Gasteiger partial charge is 0.285 e. The molecule has 0 fully saturated rings. The van der Waals surface area contributed by atoms with Crippen LogP contribution in [0.15, 0.2) is 95.8 Å². The minimum atomic E-state index is -0.182. The van der Waals surface area contributed by atoms with Gasteiger partial charge in [-0.25, -0.2) is 4.98 Å². The molecular formula is C31H28N2OS. The third-order valence-corrected chi connectivity index (χ3v) is 8.35. The summed E-state index contributed by atoms with van der Waals surface area (Å²) in [6, 6.07) is 31.3. The maximum atomic E-state index is 13.9. The Balaban J connectivity index is 1.35. The highest BCUT2D eigenvalue weighted by Gasteiger charge is 2.28. The van der Waals surface area contributed by atoms with E-state index < -0.39 is 0 Å². The maximum absolute atomic E-state index is 13.9. The number of thiophene rings is 1. The second-order valence-corrected chi connectivity index (χ2v) is 10.7. The van der Waals surface area contributed by atoms with Crippen LogP contribution in [0.5, 0.6) is 0 Å². The molecule has 0 saturated heterocycles. The number of rotatable bonds is 5. The van der Waals surface area contributed by atoms with Crippen LogP contribution < -0.4 is 5.56 Å². The van der Waals surface area contributed by atoms with Crippen LogP contribution in [0, 0.1) is 12.8 Å². The van der Waals surface area contributed by atoms with E-state index in [2.05, 4.69) is 54.6 Å². The van der Waals surface area contributed by atoms with E-state index in [1.54, 1.807) is 0 Å². The first kappa shape index (κ1) is 22.0. The summed E-state index contributed by atoms with van der Waals surface area (Å²) >= 11 is 1.89. The zero-order valence-corrected chi connectivity index (χ0v) is 20.7. The van der Waals surface area contributed by atoms with Crippen molar-refractivity contribution in [3.8, 4) is 0 Å². The molecule has 1 atom stereocenters. The minimum Gasteiger partial charge on any atom is -0.285 e. The van der Waals surface area contributed by atoms with Crippen LogP contribution >= 0.6 is 11.3 Å². The van der Waals surface area contributed by atoms with Crippen LogP contribution in [0.1, 0.15) is 45.5 Å². The van der Waals surface area contributed by atoms with Gasteiger partial charge in [0.2, 0.25) is 0 Å². The molecule has 1 unspecified atom stereocenters. The summed E-state index contributed by atoms with van der Waals surface area (Å²) in [5.41, 5.74) is 4.22. The van der Waals surface area contributed by atoms with Gasteiger partial charge in [0.15, 0.2) is 0 Å². The topological polar surface area (TPSA) is 34.9 Å². The lowest BCUT2D eigenvalue weighted by Crippen LogP contribution is -2.35. The Bertz CT molecular complexity index is 1460. The van der Waals surface area contributed by atoms with E-state index in [9.17, 15) is 4.79 Å². The zero-order chi connectivity index (χ0) is 23.8. The van der Waals surface area contributed by atoms with Crippen molar-refractivity contribution in [1.29, 1.82) is 0 Å². The van der Waals surface area contributed by atoms with Gasteiger partial charge in [-0.3, -0.25) is 9.36 Å². The number of hydrogen-bond donors (Lipinski definition) is 0. The van der Waals surface area contributed by atoms with Crippen LogP contribution in [-0.4, -0.2) is 9.55 Å². The fourth-order valence-electron chi connectivity index (χ4n) is 5.54. The Morgan fingerprint density at radius 3 is 2.29 bits per heavy atom. The van der Waals surface area contributed by atoms with Gasteiger partial charge in [-0.1, -0.05) is 78.9 Å². The van der Waals surface area contributed by atoms with Crippen molar-refractivity contribution in [2.24, 2.45) is 5.92 Å². The van der Waals surface area contributed by atoms with Crippen LogP contribution in [0.2, 0.25) is 0 Å². The molecule has 4 heteroatoms. The van der Waals surface area contributed by atoms with Crippen molar-refractivity contribution < 1.29 is 0 Å². The highest BCUT2D eigenvalue weighted by Crippen LogP contribution is 2.32. The SMILES string of the molecule is Cc1nc2c(c(=O)n1C(c1ccccc1)c1ccccc1)CCC(Cc1cc3ccccc3s1)C2. The molecule has 2 aromatic heterocycles. The van der Waals surface area contributed by atoms with E-state index in [-0.39, 0.29) is 11.6 Å². The fourth-order valence-corrected chi connectivity index (χ4v) is 6.72. The highest BCUT2D eigenvalue weighted by molar-refractivity contribution is 7.19. The molecule has 0 spiro atoms. The average Bonchev–Trinajstić information content (AvgIpc) is 3.30. The van der Waals surface area contributed by atoms with Gasteiger partial charge in [-0.05, 0) is 67.2 Å². The normalized spacial score (nSPS) is 15.4. The number of fused-ring (bicyclic) bond motifs is 2. The molecule has 0 bridgehead atoms. The summed E-state index contributed by atoms with van der Waals surface area (Å²) in [6.45, 7) is 1.98. The van der Waals surface area contributed by atoms with Crippen molar-refractivity contribution in [1.82, 2.24) is 9.55 Å². The average molecular weight is 477 g/mol. The third kappa shape index (κ3) is 4.23. The van der Waals surface area contributed by atoms with Crippen molar-refractivity contribution in [2.75, 3.05) is 0 Å². The highest BCUT2D eigenvalue weighted by atomic mass is 32.1. The number of aromatic nitrogens is 2. The van der Waals surface area contributed by atoms with Crippen LogP contribution in [0.25, 0.3) is 10.1 Å². The molecule has 0 aliphatic heterocycles. The van der Waals surface area contributed by atoms with Crippen LogP contribution in [0.4, 0.5) is 0 Å². The molecule has 0 saturated carbocycles. The van der Waals surface area contributed by atoms with Crippen molar-refractivity contribution in [2.45, 2.75) is 38.6 Å². The van der Waals surface area contributed by atoms with Crippen LogP contribution in [-0.2, 0) is 19.3 Å². The summed E-state index contributed by atoms with van der Waals surface area (Å²) < 4.78 is 3.26. The van der Waals surface area contributed by atoms with E-state index in [1.165, 1.54) is 15.0 Å². The van der Waals surface area contributed by atoms with E-state index in [4.69, 9.17) is 4.98 Å². The Labute approximate surface area is 209 Å². The van der Waals surface area contributed by atoms with Gasteiger partial charge in [0.1, 0.15) is 5.82 Å². The second-order valence-electron chi connectivity index (χ2n) is 9.55. The van der Waals surface area contributed by atoms with Gasteiger partial charge in [0.25, 0.3) is 5.56 Å². The monoisotopic (exact) mass is 476 g/mol. The van der Waals surface area contributed by atoms with Gasteiger partial charge in [-0.2, -0.15) is 0 Å². The first-order valence-corrected chi connectivity index (χ1v) is 13.2. The Hall–Kier alpha value is -3.50. The summed E-state index contributed by atoms with van der Waals surface area (Å²) in [4.78, 5) is 20.4. The van der Waals surface area contributed by atoms with Gasteiger partial charge in [-0.15, -0.1) is 11.3 Å². The molecule has 2 heterocycles. The second kappa shape index (κ2) is 9.27. The summed E-state index contributed by atoms with van der Waals surface area (Å²) in [5.74, 6) is 1.31. The van der Waals surface area contributed by atoms with Crippen molar-refractivity contribution in [3.05, 3.63) is 134 Å². The first-order chi connectivity index (χ1) is 17.2. The molecule has 174 valence electrons. The molecule has 0 amide bonds. The summed E-state index contributed by atoms with van der Waals surface area (Å²) in [5, 5.41) is 1.33. The Kier molecular flexibility index (Phi) is 5.83. The number of aryl methyl sites for hydroxylation is 1. The number of benzene rings is 3. The predicted molar refractivity (Wildman–Crippen MR) is 144 cm³/mol. The van der Waals surface area contributed by atoms with Crippen molar-refractivity contribution >= 4 is 21.4 Å². The Morgan fingerprint density at radius 1 is 0.943 bits per heavy atom. The fraction of sp³-hybridized carbons (Fsp3) is 0.226. The molecule has 0 radical (unpaired) electrons. The van der Waals surface area contributed by atoms with E-state index in [0.717, 1.165) is 53.9 Å². The quantitative estimate of drug-likeness (QED) is 0.281. The van der Waals surface area contributed by atoms with Gasteiger partial charge < -0.3 is 0 Å². The minimum absolute atomic E-state index is 0.116. The van der Waals surface area contributed by atoms with Crippen LogP contribution in [0.3, 0.4) is 0 Å². The summed E-state index contributed by atoms with van der Waals surface area (Å²) in [7, 11) is 0. The molecule has 6 rings (SSSR count). The molecule has 35 heavy (non-hydrogen) atoms. The van der Waals surface area contributed by atoms with E-state index >= 15 is 0 Å². The first-order valence-electron chi connectivity index (χ1n) is 12.4. The predicted octanol–water partition coefficient (Wildman–Crippen LogP) is 6.75. The standard InChI is InChI=1S/C31H28N2OS/c1-21-32-28-19-22(18-26-20-25-14-8-9-15-29(25)35-26)16-17-27(28)31(34)33(21)30(23-10-4-2-5-11-23)24-12-6-3-7-13-24/h2-15,20,22,30H,16-19H2,1H3. The van der Waals surface area contributed by atoms with E-state index in [0.29, 0.717) is 5.92 Å². The molecule has 3 nitrogen and oxygen atoms in total. The van der Waals surface area contributed by atoms with Gasteiger partial charge >= 0.3 is 0 Å². The number of hydrogen-bond acceptors (Lipinski definition) is 3. The molecule has 3 aromatic carbocycles. The third-order valence-electron chi connectivity index (χ3n) is 7.21. The summed E-state index contributed by atoms with van der Waals surface area (Å²) in [6.07, 6.45) is 3.76. The molecule has 0 N–H and O–H groups in total. The smallest absolute Gasteiger partial charge is 0.257 e. The maximum Gasteiger partial charge on any atom is 0.257 e. The number of nitrogens with zero attached hydrogens (tertiary/aromatic N) is 2. The molecule has 1 aliphatic carbocycles. The zero-order valence-electron chi connectivity index (χ0n) is 19.9. The lowest BCUT2D eigenvalue weighted by Gasteiger charge is -2.28.